The lowest BCUT2D eigenvalue weighted by molar-refractivity contribution is -0.910. The van der Waals surface area contributed by atoms with Gasteiger partial charge in [0.1, 0.15) is 0 Å². The lowest BCUT2D eigenvalue weighted by Gasteiger charge is -2.39. The Hall–Kier alpha value is -0.240. The summed E-state index contributed by atoms with van der Waals surface area (Å²) in [6, 6.07) is 0. The summed E-state index contributed by atoms with van der Waals surface area (Å²) in [5, 5.41) is -0.627. The van der Waals surface area contributed by atoms with Gasteiger partial charge in [-0.05, 0) is 25.7 Å². The first-order valence-corrected chi connectivity index (χ1v) is 14.6. The maximum Gasteiger partial charge on any atom is 0.376 e. The van der Waals surface area contributed by atoms with E-state index in [1.165, 1.54) is 96.3 Å². The number of allylic oxidation sites excluding steroid dienone is 2. The Bertz CT molecular complexity index is 459. The zero-order chi connectivity index (χ0) is 23.4. The van der Waals surface area contributed by atoms with Crippen LogP contribution in [-0.2, 0) is 4.57 Å². The molecule has 0 aliphatic heterocycles. The number of nitrogens with zero attached hydrogens (tertiary/aromatic N) is 1. The van der Waals surface area contributed by atoms with Crippen LogP contribution < -0.4 is 4.89 Å². The van der Waals surface area contributed by atoms with Crippen molar-refractivity contribution in [2.75, 3.05) is 21.1 Å². The topological polar surface area (TPSA) is 40.1 Å². The van der Waals surface area contributed by atoms with Gasteiger partial charge in [-0.1, -0.05) is 114 Å². The highest BCUT2D eigenvalue weighted by Crippen LogP contribution is 2.44. The fraction of sp³-hybridized carbons (Fsp3) is 0.926. The molecule has 0 amide bonds. The van der Waals surface area contributed by atoms with Gasteiger partial charge in [-0.3, -0.25) is 4.48 Å². The maximum atomic E-state index is 11.9. The van der Waals surface area contributed by atoms with Gasteiger partial charge in [-0.2, -0.15) is 0 Å². The van der Waals surface area contributed by atoms with E-state index < -0.39 is 13.3 Å². The van der Waals surface area contributed by atoms with Crippen LogP contribution in [0.4, 0.5) is 0 Å². The van der Waals surface area contributed by atoms with Crippen LogP contribution in [-0.4, -0.2) is 30.9 Å². The summed E-state index contributed by atoms with van der Waals surface area (Å²) in [5.74, 6) is 0. The van der Waals surface area contributed by atoms with E-state index >= 15 is 0 Å². The minimum atomic E-state index is -2.43. The van der Waals surface area contributed by atoms with Crippen molar-refractivity contribution in [3.63, 3.8) is 0 Å². The first-order valence-electron chi connectivity index (χ1n) is 13.4. The Morgan fingerprint density at radius 1 is 0.677 bits per heavy atom. The van der Waals surface area contributed by atoms with Crippen LogP contribution in [0.3, 0.4) is 0 Å². The zero-order valence-corrected chi connectivity index (χ0v) is 22.7. The lowest BCUT2D eigenvalue weighted by Crippen LogP contribution is -2.55. The van der Waals surface area contributed by atoms with Gasteiger partial charge >= 0.3 is 8.03 Å². The van der Waals surface area contributed by atoms with E-state index in [0.717, 1.165) is 19.3 Å². The normalized spacial score (nSPS) is 14.8. The van der Waals surface area contributed by atoms with Crippen molar-refractivity contribution in [1.82, 2.24) is 0 Å². The largest absolute Gasteiger partial charge is 0.590 e. The monoisotopic (exact) mass is 456 g/mol. The van der Waals surface area contributed by atoms with E-state index in [1.807, 2.05) is 28.1 Å². The molecule has 0 aliphatic rings. The van der Waals surface area contributed by atoms with E-state index in [9.17, 15) is 9.46 Å². The van der Waals surface area contributed by atoms with E-state index in [2.05, 4.69) is 19.1 Å². The standard InChI is InChI=1S/C27H55NO2P/c1-6-8-9-10-11-12-13-14-15-16-17-18-19-20-21-22-23-24-25-26-27(7-2,31(29)30)28(3,4)5/h22-23H,6-21,24-26H2,1-5H3/q+1/b23-22-. The van der Waals surface area contributed by atoms with Crippen molar-refractivity contribution in [3.8, 4) is 0 Å². The van der Waals surface area contributed by atoms with Crippen LogP contribution in [0.2, 0.25) is 0 Å². The summed E-state index contributed by atoms with van der Waals surface area (Å²) in [5.41, 5.74) is 0. The average Bonchev–Trinajstić information content (AvgIpc) is 2.71. The second-order valence-electron chi connectivity index (χ2n) is 10.4. The van der Waals surface area contributed by atoms with E-state index in [1.54, 1.807) is 0 Å². The Kier molecular flexibility index (Phi) is 19.1. The van der Waals surface area contributed by atoms with Crippen LogP contribution in [0.1, 0.15) is 136 Å². The SMILES string of the molecule is CCCCCCCCCCCCCCCC/C=C\CCCC(CC)([P+](=O)[O-])[N+](C)(C)C. The van der Waals surface area contributed by atoms with Crippen LogP contribution in [0.25, 0.3) is 0 Å². The minimum Gasteiger partial charge on any atom is -0.590 e. The Labute approximate surface area is 196 Å². The molecule has 0 saturated carbocycles. The molecule has 184 valence electrons. The third-order valence-electron chi connectivity index (χ3n) is 6.99. The van der Waals surface area contributed by atoms with Gasteiger partial charge in [-0.25, -0.2) is 0 Å². The summed E-state index contributed by atoms with van der Waals surface area (Å²) in [6.45, 7) is 4.28. The second-order valence-corrected chi connectivity index (χ2v) is 11.7. The van der Waals surface area contributed by atoms with Crippen molar-refractivity contribution in [3.05, 3.63) is 12.2 Å². The number of hydrogen-bond donors (Lipinski definition) is 0. The second kappa shape index (κ2) is 19.2. The predicted molar refractivity (Wildman–Crippen MR) is 137 cm³/mol. The fourth-order valence-electron chi connectivity index (χ4n) is 4.65. The van der Waals surface area contributed by atoms with Gasteiger partial charge in [0.2, 0.25) is 0 Å². The summed E-state index contributed by atoms with van der Waals surface area (Å²) in [4.78, 5) is 11.9. The molecule has 0 bridgehead atoms. The maximum absolute atomic E-state index is 11.9. The van der Waals surface area contributed by atoms with Crippen LogP contribution in [0.15, 0.2) is 12.2 Å². The lowest BCUT2D eigenvalue weighted by atomic mass is 10.0. The van der Waals surface area contributed by atoms with Gasteiger partial charge in [0.15, 0.2) is 0 Å². The van der Waals surface area contributed by atoms with Gasteiger partial charge in [0.25, 0.3) is 5.28 Å². The quantitative estimate of drug-likeness (QED) is 0.0709. The summed E-state index contributed by atoms with van der Waals surface area (Å²) >= 11 is 0. The van der Waals surface area contributed by atoms with Crippen LogP contribution in [0.5, 0.6) is 0 Å². The fourth-order valence-corrected chi connectivity index (χ4v) is 5.74. The van der Waals surface area contributed by atoms with Gasteiger partial charge in [0.05, 0.1) is 21.1 Å². The Morgan fingerprint density at radius 3 is 1.42 bits per heavy atom. The molecule has 0 N–H and O–H groups in total. The molecule has 0 saturated heterocycles. The molecule has 0 radical (unpaired) electrons. The van der Waals surface area contributed by atoms with Crippen molar-refractivity contribution < 1.29 is 13.9 Å². The van der Waals surface area contributed by atoms with Crippen molar-refractivity contribution in [2.45, 2.75) is 141 Å². The smallest absolute Gasteiger partial charge is 0.376 e. The van der Waals surface area contributed by atoms with E-state index in [4.69, 9.17) is 0 Å². The molecule has 0 spiro atoms. The summed E-state index contributed by atoms with van der Waals surface area (Å²) in [7, 11) is 3.57. The highest BCUT2D eigenvalue weighted by molar-refractivity contribution is 7.38. The molecule has 0 fully saturated rings. The molecule has 0 aliphatic carbocycles. The third-order valence-corrected chi connectivity index (χ3v) is 8.81. The minimum absolute atomic E-state index is 0.491. The molecular formula is C27H55NO2P+. The van der Waals surface area contributed by atoms with Crippen molar-refractivity contribution in [1.29, 1.82) is 0 Å². The first-order chi connectivity index (χ1) is 14.8. The van der Waals surface area contributed by atoms with Gasteiger partial charge < -0.3 is 4.89 Å². The van der Waals surface area contributed by atoms with Crippen LogP contribution in [0, 0.1) is 0 Å². The highest BCUT2D eigenvalue weighted by atomic mass is 31.1. The van der Waals surface area contributed by atoms with E-state index in [-0.39, 0.29) is 0 Å². The molecule has 0 rings (SSSR count). The third kappa shape index (κ3) is 14.5. The first kappa shape index (κ1) is 30.8. The molecule has 3 nitrogen and oxygen atoms in total. The highest BCUT2D eigenvalue weighted by Gasteiger charge is 2.52. The van der Waals surface area contributed by atoms with Crippen molar-refractivity contribution in [2.24, 2.45) is 0 Å². The molecule has 4 heteroatoms. The average molecular weight is 457 g/mol. The van der Waals surface area contributed by atoms with Gasteiger partial charge in [0, 0.05) is 12.8 Å². The molecule has 0 aromatic carbocycles. The number of unbranched alkanes of at least 4 members (excludes halogenated alkanes) is 15. The van der Waals surface area contributed by atoms with Gasteiger partial charge in [-0.15, -0.1) is 0 Å². The summed E-state index contributed by atoms with van der Waals surface area (Å²) < 4.78 is 12.4. The molecule has 31 heavy (non-hydrogen) atoms. The number of hydrogen-bond acceptors (Lipinski definition) is 2. The molecule has 2 unspecified atom stereocenters. The van der Waals surface area contributed by atoms with Crippen molar-refractivity contribution >= 4 is 8.03 Å². The Balaban J connectivity index is 3.57. The molecule has 0 aromatic heterocycles. The molecular weight excluding hydrogens is 401 g/mol. The van der Waals surface area contributed by atoms with Crippen LogP contribution >= 0.6 is 8.03 Å². The molecule has 0 heterocycles. The predicted octanol–water partition coefficient (Wildman–Crippen LogP) is 8.50. The molecule has 0 aromatic rings. The van der Waals surface area contributed by atoms with E-state index in [0.29, 0.717) is 10.9 Å². The molecule has 2 atom stereocenters. The summed E-state index contributed by atoms with van der Waals surface area (Å²) in [6.07, 6.45) is 28.8. The Morgan fingerprint density at radius 2 is 1.06 bits per heavy atom. The zero-order valence-electron chi connectivity index (χ0n) is 21.8. The number of quaternary nitrogens is 1. The number of rotatable bonds is 22.